The van der Waals surface area contributed by atoms with E-state index < -0.39 is 29.7 Å². The molecule has 1 saturated heterocycles. The first kappa shape index (κ1) is 16.3. The number of hydrogen-bond donors (Lipinski definition) is 1. The smallest absolute Gasteiger partial charge is 0.416 e. The highest BCUT2D eigenvalue weighted by Crippen LogP contribution is 2.29. The number of aliphatic carboxylic acids is 1. The predicted molar refractivity (Wildman–Crippen MR) is 69.3 cm³/mol. The standard InChI is InChI=1S/C14H14F3NO4/c15-14(16,17)10-3-1-9(2-4-10)13(21)18-5-6-22-8-11(18)7-12(19)20/h1-4,11H,5-8H2,(H,19,20). The normalized spacial score (nSPS) is 19.0. The minimum Gasteiger partial charge on any atom is -0.481 e. The van der Waals surface area contributed by atoms with Crippen LogP contribution in [-0.2, 0) is 15.7 Å². The summed E-state index contributed by atoms with van der Waals surface area (Å²) in [4.78, 5) is 24.5. The molecule has 8 heteroatoms. The molecule has 120 valence electrons. The lowest BCUT2D eigenvalue weighted by Crippen LogP contribution is -2.49. The Morgan fingerprint density at radius 3 is 2.45 bits per heavy atom. The number of rotatable bonds is 3. The summed E-state index contributed by atoms with van der Waals surface area (Å²) in [5.74, 6) is -1.57. The van der Waals surface area contributed by atoms with Gasteiger partial charge in [-0.1, -0.05) is 0 Å². The molecule has 0 bridgehead atoms. The summed E-state index contributed by atoms with van der Waals surface area (Å²) in [7, 11) is 0. The summed E-state index contributed by atoms with van der Waals surface area (Å²) in [5.41, 5.74) is -0.751. The van der Waals surface area contributed by atoms with E-state index in [0.29, 0.717) is 0 Å². The average Bonchev–Trinajstić information content (AvgIpc) is 2.46. The zero-order chi connectivity index (χ0) is 16.3. The number of carbonyl (C=O) groups excluding carboxylic acids is 1. The van der Waals surface area contributed by atoms with Crippen LogP contribution < -0.4 is 0 Å². The number of halogens is 3. The van der Waals surface area contributed by atoms with Crippen LogP contribution >= 0.6 is 0 Å². The van der Waals surface area contributed by atoms with E-state index in [-0.39, 0.29) is 31.7 Å². The van der Waals surface area contributed by atoms with Gasteiger partial charge in [-0.15, -0.1) is 0 Å². The van der Waals surface area contributed by atoms with Crippen LogP contribution in [0.2, 0.25) is 0 Å². The topological polar surface area (TPSA) is 66.8 Å². The Bertz CT molecular complexity index is 556. The third kappa shape index (κ3) is 3.76. The Balaban J connectivity index is 2.16. The molecule has 1 aliphatic heterocycles. The minimum absolute atomic E-state index is 0.0882. The number of hydrogen-bond acceptors (Lipinski definition) is 3. The zero-order valence-electron chi connectivity index (χ0n) is 11.5. The monoisotopic (exact) mass is 317 g/mol. The van der Waals surface area contributed by atoms with Gasteiger partial charge in [0.05, 0.1) is 31.2 Å². The predicted octanol–water partition coefficient (Wildman–Crippen LogP) is 2.02. The van der Waals surface area contributed by atoms with Crippen LogP contribution in [0.3, 0.4) is 0 Å². The Hall–Kier alpha value is -2.09. The molecule has 1 unspecified atom stereocenters. The van der Waals surface area contributed by atoms with Gasteiger partial charge in [-0.25, -0.2) is 0 Å². The van der Waals surface area contributed by atoms with Crippen molar-refractivity contribution in [1.29, 1.82) is 0 Å². The molecule has 0 aromatic heterocycles. The molecule has 0 aliphatic carbocycles. The number of nitrogens with zero attached hydrogens (tertiary/aromatic N) is 1. The number of morpholine rings is 1. The molecule has 5 nitrogen and oxygen atoms in total. The van der Waals surface area contributed by atoms with Crippen molar-refractivity contribution in [1.82, 2.24) is 4.90 Å². The fourth-order valence-electron chi connectivity index (χ4n) is 2.26. The van der Waals surface area contributed by atoms with Crippen molar-refractivity contribution in [3.63, 3.8) is 0 Å². The average molecular weight is 317 g/mol. The van der Waals surface area contributed by atoms with Crippen LogP contribution in [0, 0.1) is 0 Å². The van der Waals surface area contributed by atoms with E-state index in [2.05, 4.69) is 0 Å². The van der Waals surface area contributed by atoms with E-state index >= 15 is 0 Å². The van der Waals surface area contributed by atoms with Gasteiger partial charge in [0.25, 0.3) is 5.91 Å². The van der Waals surface area contributed by atoms with Crippen molar-refractivity contribution >= 4 is 11.9 Å². The van der Waals surface area contributed by atoms with Gasteiger partial charge < -0.3 is 14.7 Å². The number of amides is 1. The summed E-state index contributed by atoms with van der Waals surface area (Å²) < 4.78 is 42.7. The lowest BCUT2D eigenvalue weighted by molar-refractivity contribution is -0.140. The van der Waals surface area contributed by atoms with Gasteiger partial charge in [-0.3, -0.25) is 9.59 Å². The number of carbonyl (C=O) groups is 2. The number of ether oxygens (including phenoxy) is 1. The number of carboxylic acid groups (broad SMARTS) is 1. The number of benzene rings is 1. The second kappa shape index (κ2) is 6.35. The Labute approximate surface area is 124 Å². The summed E-state index contributed by atoms with van der Waals surface area (Å²) in [6.07, 6.45) is -4.74. The molecular weight excluding hydrogens is 303 g/mol. The summed E-state index contributed by atoms with van der Waals surface area (Å²) in [6, 6.07) is 3.23. The fraction of sp³-hybridized carbons (Fsp3) is 0.429. The first-order chi connectivity index (χ1) is 10.3. The largest absolute Gasteiger partial charge is 0.481 e. The highest BCUT2D eigenvalue weighted by Gasteiger charge is 2.32. The van der Waals surface area contributed by atoms with Crippen molar-refractivity contribution < 1.29 is 32.6 Å². The molecule has 1 aromatic rings. The third-order valence-electron chi connectivity index (χ3n) is 3.36. The molecular formula is C14H14F3NO4. The fourth-order valence-corrected chi connectivity index (χ4v) is 2.26. The third-order valence-corrected chi connectivity index (χ3v) is 3.36. The Morgan fingerprint density at radius 1 is 1.27 bits per heavy atom. The molecule has 22 heavy (non-hydrogen) atoms. The minimum atomic E-state index is -4.47. The van der Waals surface area contributed by atoms with Crippen LogP contribution in [0.1, 0.15) is 22.3 Å². The lowest BCUT2D eigenvalue weighted by atomic mass is 10.1. The van der Waals surface area contributed by atoms with Crippen LogP contribution in [0.25, 0.3) is 0 Å². The van der Waals surface area contributed by atoms with Gasteiger partial charge >= 0.3 is 12.1 Å². The highest BCUT2D eigenvalue weighted by molar-refractivity contribution is 5.94. The van der Waals surface area contributed by atoms with Crippen molar-refractivity contribution in [2.24, 2.45) is 0 Å². The van der Waals surface area contributed by atoms with Crippen LogP contribution in [-0.4, -0.2) is 47.7 Å². The van der Waals surface area contributed by atoms with E-state index in [1.165, 1.54) is 4.90 Å². The molecule has 1 aromatic carbocycles. The second-order valence-corrected chi connectivity index (χ2v) is 4.90. The highest BCUT2D eigenvalue weighted by atomic mass is 19.4. The Morgan fingerprint density at radius 2 is 1.91 bits per heavy atom. The van der Waals surface area contributed by atoms with E-state index in [4.69, 9.17) is 9.84 Å². The first-order valence-electron chi connectivity index (χ1n) is 6.57. The molecule has 0 spiro atoms. The molecule has 1 N–H and O–H groups in total. The lowest BCUT2D eigenvalue weighted by Gasteiger charge is -2.34. The molecule has 1 aliphatic rings. The molecule has 2 rings (SSSR count). The van der Waals surface area contributed by atoms with Gasteiger partial charge in [0.15, 0.2) is 0 Å². The van der Waals surface area contributed by atoms with Crippen molar-refractivity contribution in [3.05, 3.63) is 35.4 Å². The molecule has 1 amide bonds. The summed E-state index contributed by atoms with van der Waals surface area (Å²) in [5, 5.41) is 8.84. The summed E-state index contributed by atoms with van der Waals surface area (Å²) >= 11 is 0. The van der Waals surface area contributed by atoms with E-state index in [9.17, 15) is 22.8 Å². The zero-order valence-corrected chi connectivity index (χ0v) is 11.5. The number of carboxylic acids is 1. The maximum atomic E-state index is 12.5. The van der Waals surface area contributed by atoms with E-state index in [1.54, 1.807) is 0 Å². The van der Waals surface area contributed by atoms with Gasteiger partial charge in [0, 0.05) is 12.1 Å². The van der Waals surface area contributed by atoms with Crippen molar-refractivity contribution in [3.8, 4) is 0 Å². The van der Waals surface area contributed by atoms with Crippen LogP contribution in [0.15, 0.2) is 24.3 Å². The van der Waals surface area contributed by atoms with Gasteiger partial charge in [-0.2, -0.15) is 13.2 Å². The summed E-state index contributed by atoms with van der Waals surface area (Å²) in [6.45, 7) is 0.568. The molecule has 0 saturated carbocycles. The Kier molecular flexibility index (Phi) is 4.70. The number of alkyl halides is 3. The maximum absolute atomic E-state index is 12.5. The van der Waals surface area contributed by atoms with Gasteiger partial charge in [0.1, 0.15) is 0 Å². The van der Waals surface area contributed by atoms with Crippen LogP contribution in [0.5, 0.6) is 0 Å². The van der Waals surface area contributed by atoms with Gasteiger partial charge in [-0.05, 0) is 24.3 Å². The van der Waals surface area contributed by atoms with Crippen molar-refractivity contribution in [2.75, 3.05) is 19.8 Å². The molecule has 0 radical (unpaired) electrons. The quantitative estimate of drug-likeness (QED) is 0.926. The first-order valence-corrected chi connectivity index (χ1v) is 6.57. The van der Waals surface area contributed by atoms with E-state index in [0.717, 1.165) is 24.3 Å². The molecule has 1 heterocycles. The van der Waals surface area contributed by atoms with Gasteiger partial charge in [0.2, 0.25) is 0 Å². The molecule has 1 fully saturated rings. The van der Waals surface area contributed by atoms with Crippen LogP contribution in [0.4, 0.5) is 13.2 Å². The SMILES string of the molecule is O=C(O)CC1COCCN1C(=O)c1ccc(C(F)(F)F)cc1. The maximum Gasteiger partial charge on any atom is 0.416 e. The van der Waals surface area contributed by atoms with E-state index in [1.807, 2.05) is 0 Å². The molecule has 1 atom stereocenters. The second-order valence-electron chi connectivity index (χ2n) is 4.90. The van der Waals surface area contributed by atoms with Crippen molar-refractivity contribution in [2.45, 2.75) is 18.6 Å².